The lowest BCUT2D eigenvalue weighted by atomic mass is 10.0. The van der Waals surface area contributed by atoms with Gasteiger partial charge in [0.2, 0.25) is 0 Å². The molecule has 2 aromatic carbocycles. The molecule has 0 amide bonds. The van der Waals surface area contributed by atoms with E-state index in [1.807, 2.05) is 18.2 Å². The Balaban J connectivity index is 2.20. The second-order valence-corrected chi connectivity index (χ2v) is 6.46. The van der Waals surface area contributed by atoms with E-state index in [0.717, 1.165) is 11.4 Å². The van der Waals surface area contributed by atoms with Gasteiger partial charge in [-0.05, 0) is 52.3 Å². The summed E-state index contributed by atoms with van der Waals surface area (Å²) < 4.78 is 1.28. The highest BCUT2D eigenvalue weighted by Crippen LogP contribution is 2.32. The molecule has 88 valence electrons. The average molecular weight is 422 g/mol. The monoisotopic (exact) mass is 420 g/mol. The zero-order chi connectivity index (χ0) is 12.3. The summed E-state index contributed by atoms with van der Waals surface area (Å²) in [6.45, 7) is 0. The lowest BCUT2D eigenvalue weighted by Gasteiger charge is -2.13. The maximum atomic E-state index is 6.17. The van der Waals surface area contributed by atoms with Crippen molar-refractivity contribution in [2.75, 3.05) is 0 Å². The summed E-state index contributed by atoms with van der Waals surface area (Å²) in [5, 5.41) is 0.836. The van der Waals surface area contributed by atoms with Gasteiger partial charge < -0.3 is 0 Å². The van der Waals surface area contributed by atoms with Crippen LogP contribution in [-0.2, 0) is 6.42 Å². The summed E-state index contributed by atoms with van der Waals surface area (Å²) in [7, 11) is 0. The molecule has 0 N–H and O–H groups in total. The third kappa shape index (κ3) is 3.46. The van der Waals surface area contributed by atoms with E-state index < -0.39 is 0 Å². The molecule has 17 heavy (non-hydrogen) atoms. The van der Waals surface area contributed by atoms with Gasteiger partial charge in [-0.15, -0.1) is 0 Å². The van der Waals surface area contributed by atoms with Crippen molar-refractivity contribution in [3.8, 4) is 0 Å². The first kappa shape index (κ1) is 13.4. The van der Waals surface area contributed by atoms with Gasteiger partial charge in [0, 0.05) is 13.4 Å². The molecule has 0 aliphatic carbocycles. The molecular formula is C14H11BrClI. The van der Waals surface area contributed by atoms with Crippen molar-refractivity contribution in [2.24, 2.45) is 0 Å². The molecule has 2 aromatic rings. The lowest BCUT2D eigenvalue weighted by Crippen LogP contribution is -1.98. The van der Waals surface area contributed by atoms with Crippen LogP contribution in [0.3, 0.4) is 0 Å². The van der Waals surface area contributed by atoms with Crippen molar-refractivity contribution in [2.45, 2.75) is 11.2 Å². The van der Waals surface area contributed by atoms with E-state index in [1.165, 1.54) is 14.7 Å². The second kappa shape index (κ2) is 6.21. The van der Waals surface area contributed by atoms with Crippen LogP contribution in [0.5, 0.6) is 0 Å². The van der Waals surface area contributed by atoms with Crippen LogP contribution in [-0.4, -0.2) is 0 Å². The third-order valence-electron chi connectivity index (χ3n) is 2.60. The van der Waals surface area contributed by atoms with Crippen LogP contribution in [0, 0.1) is 3.57 Å². The number of halogens is 3. The second-order valence-electron chi connectivity index (χ2n) is 3.78. The van der Waals surface area contributed by atoms with Crippen molar-refractivity contribution in [1.82, 2.24) is 0 Å². The standard InChI is InChI=1S/C14H11BrClI/c15-12(11-6-2-4-8-14(11)17)9-10-5-1-3-7-13(10)16/h1-8,12H,9H2. The molecule has 0 aliphatic rings. The van der Waals surface area contributed by atoms with Gasteiger partial charge in [0.1, 0.15) is 0 Å². The Labute approximate surface area is 129 Å². The molecule has 0 aromatic heterocycles. The molecule has 2 rings (SSSR count). The summed E-state index contributed by atoms with van der Waals surface area (Å²) in [5.74, 6) is 0. The van der Waals surface area contributed by atoms with Gasteiger partial charge in [0.25, 0.3) is 0 Å². The van der Waals surface area contributed by atoms with Crippen LogP contribution < -0.4 is 0 Å². The largest absolute Gasteiger partial charge is 0.0840 e. The van der Waals surface area contributed by atoms with Gasteiger partial charge in [-0.25, -0.2) is 0 Å². The Morgan fingerprint density at radius 1 is 1.06 bits per heavy atom. The van der Waals surface area contributed by atoms with Gasteiger partial charge in [-0.1, -0.05) is 63.9 Å². The zero-order valence-electron chi connectivity index (χ0n) is 9.04. The summed E-state index contributed by atoms with van der Waals surface area (Å²) in [4.78, 5) is 0.301. The van der Waals surface area contributed by atoms with Crippen molar-refractivity contribution in [1.29, 1.82) is 0 Å². The topological polar surface area (TPSA) is 0 Å². The van der Waals surface area contributed by atoms with Crippen molar-refractivity contribution < 1.29 is 0 Å². The quantitative estimate of drug-likeness (QED) is 0.446. The number of rotatable bonds is 3. The maximum absolute atomic E-state index is 6.17. The molecule has 0 spiro atoms. The fourth-order valence-electron chi connectivity index (χ4n) is 1.70. The number of hydrogen-bond acceptors (Lipinski definition) is 0. The van der Waals surface area contributed by atoms with Gasteiger partial charge in [-0.3, -0.25) is 0 Å². The van der Waals surface area contributed by atoms with Crippen LogP contribution in [0.2, 0.25) is 5.02 Å². The fraction of sp³-hybridized carbons (Fsp3) is 0.143. The van der Waals surface area contributed by atoms with Crippen LogP contribution in [0.25, 0.3) is 0 Å². The van der Waals surface area contributed by atoms with Crippen LogP contribution in [0.4, 0.5) is 0 Å². The van der Waals surface area contributed by atoms with E-state index in [2.05, 4.69) is 68.9 Å². The summed E-state index contributed by atoms with van der Waals surface area (Å²) in [6, 6.07) is 16.4. The summed E-state index contributed by atoms with van der Waals surface area (Å²) in [6.07, 6.45) is 0.902. The van der Waals surface area contributed by atoms with E-state index in [9.17, 15) is 0 Å². The maximum Gasteiger partial charge on any atom is 0.0446 e. The van der Waals surface area contributed by atoms with E-state index in [-0.39, 0.29) is 0 Å². The number of alkyl halides is 1. The van der Waals surface area contributed by atoms with Gasteiger partial charge >= 0.3 is 0 Å². The van der Waals surface area contributed by atoms with Crippen molar-refractivity contribution in [3.63, 3.8) is 0 Å². The highest BCUT2D eigenvalue weighted by atomic mass is 127. The normalized spacial score (nSPS) is 12.4. The molecule has 0 saturated carbocycles. The van der Waals surface area contributed by atoms with E-state index in [0.29, 0.717) is 4.83 Å². The minimum absolute atomic E-state index is 0.301. The van der Waals surface area contributed by atoms with Gasteiger partial charge in [0.15, 0.2) is 0 Å². The molecule has 1 atom stereocenters. The Bertz CT molecular complexity index is 513. The number of benzene rings is 2. The first-order valence-corrected chi connectivity index (χ1v) is 7.67. The molecule has 0 aliphatic heterocycles. The SMILES string of the molecule is Clc1ccccc1CC(Br)c1ccccc1I. The van der Waals surface area contributed by atoms with E-state index in [4.69, 9.17) is 11.6 Å². The molecular weight excluding hydrogens is 410 g/mol. The molecule has 0 saturated heterocycles. The Kier molecular flexibility index (Phi) is 4.88. The predicted molar refractivity (Wildman–Crippen MR) is 86.0 cm³/mol. The highest BCUT2D eigenvalue weighted by Gasteiger charge is 2.12. The minimum atomic E-state index is 0.301. The Hall–Kier alpha value is -0.0600. The molecule has 0 heterocycles. The smallest absolute Gasteiger partial charge is 0.0446 e. The average Bonchev–Trinajstić information content (AvgIpc) is 2.32. The van der Waals surface area contributed by atoms with E-state index >= 15 is 0 Å². The molecule has 0 radical (unpaired) electrons. The van der Waals surface area contributed by atoms with Gasteiger partial charge in [0.05, 0.1) is 0 Å². The first-order chi connectivity index (χ1) is 8.18. The molecule has 0 nitrogen and oxygen atoms in total. The van der Waals surface area contributed by atoms with Crippen LogP contribution in [0.1, 0.15) is 16.0 Å². The summed E-state index contributed by atoms with van der Waals surface area (Å²) >= 11 is 12.3. The van der Waals surface area contributed by atoms with E-state index in [1.54, 1.807) is 0 Å². The van der Waals surface area contributed by atoms with Crippen LogP contribution in [0.15, 0.2) is 48.5 Å². The third-order valence-corrected chi connectivity index (χ3v) is 4.77. The van der Waals surface area contributed by atoms with Gasteiger partial charge in [-0.2, -0.15) is 0 Å². The zero-order valence-corrected chi connectivity index (χ0v) is 13.5. The first-order valence-electron chi connectivity index (χ1n) is 5.30. The van der Waals surface area contributed by atoms with Crippen molar-refractivity contribution in [3.05, 3.63) is 68.3 Å². The highest BCUT2D eigenvalue weighted by molar-refractivity contribution is 14.1. The lowest BCUT2D eigenvalue weighted by molar-refractivity contribution is 0.943. The van der Waals surface area contributed by atoms with Crippen LogP contribution >= 0.6 is 50.1 Å². The molecule has 1 unspecified atom stereocenters. The Morgan fingerprint density at radius 2 is 1.71 bits per heavy atom. The van der Waals surface area contributed by atoms with Crippen molar-refractivity contribution >= 4 is 50.1 Å². The Morgan fingerprint density at radius 3 is 2.41 bits per heavy atom. The number of hydrogen-bond donors (Lipinski definition) is 0. The fourth-order valence-corrected chi connectivity index (χ4v) is 3.85. The molecule has 3 heteroatoms. The minimum Gasteiger partial charge on any atom is -0.0840 e. The molecule has 0 bridgehead atoms. The predicted octanol–water partition coefficient (Wildman–Crippen LogP) is 5.62. The molecule has 0 fully saturated rings. The summed E-state index contributed by atoms with van der Waals surface area (Å²) in [5.41, 5.74) is 2.49.